The Labute approximate surface area is 176 Å². The first-order chi connectivity index (χ1) is 14.5. The van der Waals surface area contributed by atoms with Gasteiger partial charge in [0.15, 0.2) is 0 Å². The smallest absolute Gasteiger partial charge is 0.271 e. The highest BCUT2D eigenvalue weighted by atomic mass is 16.5. The van der Waals surface area contributed by atoms with Crippen LogP contribution in [0.25, 0.3) is 0 Å². The van der Waals surface area contributed by atoms with Crippen molar-refractivity contribution < 1.29 is 14.3 Å². The monoisotopic (exact) mass is 401 g/mol. The molecule has 0 saturated carbocycles. The Hall–Kier alpha value is -3.72. The van der Waals surface area contributed by atoms with Crippen LogP contribution in [-0.4, -0.2) is 36.1 Å². The maximum absolute atomic E-state index is 13.0. The van der Waals surface area contributed by atoms with Crippen molar-refractivity contribution >= 4 is 23.7 Å². The van der Waals surface area contributed by atoms with Gasteiger partial charge < -0.3 is 4.74 Å². The lowest BCUT2D eigenvalue weighted by Crippen LogP contribution is -2.47. The summed E-state index contributed by atoms with van der Waals surface area (Å²) in [5.41, 5.74) is 2.11. The third kappa shape index (κ3) is 4.64. The van der Waals surface area contributed by atoms with Gasteiger partial charge in [0.1, 0.15) is 17.4 Å². The van der Waals surface area contributed by atoms with Gasteiger partial charge in [0.2, 0.25) is 5.91 Å². The lowest BCUT2D eigenvalue weighted by molar-refractivity contribution is -0.144. The van der Waals surface area contributed by atoms with E-state index in [0.717, 1.165) is 16.2 Å². The number of rotatable bonds is 7. The van der Waals surface area contributed by atoms with Crippen LogP contribution >= 0.6 is 0 Å². The SMILES string of the molecule is CCOc1ccc(N=CC2C(=O)N(CCc3ccccc3)C(=O)C(C#N)=C2C)cc1. The van der Waals surface area contributed by atoms with Crippen LogP contribution in [0.3, 0.4) is 0 Å². The van der Waals surface area contributed by atoms with Crippen LogP contribution in [0.2, 0.25) is 0 Å². The lowest BCUT2D eigenvalue weighted by atomic mass is 9.90. The van der Waals surface area contributed by atoms with Crippen molar-refractivity contribution in [1.29, 1.82) is 5.26 Å². The minimum atomic E-state index is -0.750. The Morgan fingerprint density at radius 1 is 1.13 bits per heavy atom. The average molecular weight is 401 g/mol. The first-order valence-electron chi connectivity index (χ1n) is 9.82. The number of hydrogen-bond acceptors (Lipinski definition) is 5. The van der Waals surface area contributed by atoms with E-state index in [2.05, 4.69) is 4.99 Å². The number of amides is 2. The van der Waals surface area contributed by atoms with E-state index >= 15 is 0 Å². The van der Waals surface area contributed by atoms with Crippen molar-refractivity contribution in [3.63, 3.8) is 0 Å². The summed E-state index contributed by atoms with van der Waals surface area (Å²) >= 11 is 0. The first kappa shape index (κ1) is 21.0. The maximum atomic E-state index is 13.0. The highest BCUT2D eigenvalue weighted by molar-refractivity contribution is 6.15. The van der Waals surface area contributed by atoms with Crippen LogP contribution < -0.4 is 4.74 Å². The largest absolute Gasteiger partial charge is 0.494 e. The molecule has 6 nitrogen and oxygen atoms in total. The fourth-order valence-electron chi connectivity index (χ4n) is 3.28. The molecule has 2 amide bonds. The van der Waals surface area contributed by atoms with Gasteiger partial charge in [-0.25, -0.2) is 0 Å². The second kappa shape index (κ2) is 9.66. The van der Waals surface area contributed by atoms with Crippen molar-refractivity contribution in [1.82, 2.24) is 4.90 Å². The summed E-state index contributed by atoms with van der Waals surface area (Å²) in [6.45, 7) is 4.34. The molecule has 1 aliphatic rings. The zero-order chi connectivity index (χ0) is 21.5. The number of carbonyl (C=O) groups is 2. The van der Waals surface area contributed by atoms with Crippen LogP contribution in [0.15, 0.2) is 70.7 Å². The Kier molecular flexibility index (Phi) is 6.76. The number of hydrogen-bond donors (Lipinski definition) is 0. The summed E-state index contributed by atoms with van der Waals surface area (Å²) in [6.07, 6.45) is 2.03. The zero-order valence-corrected chi connectivity index (χ0v) is 17.0. The van der Waals surface area contributed by atoms with Gasteiger partial charge in [-0.2, -0.15) is 5.26 Å². The van der Waals surface area contributed by atoms with Crippen LogP contribution in [-0.2, 0) is 16.0 Å². The predicted octanol–water partition coefficient (Wildman–Crippen LogP) is 3.86. The van der Waals surface area contributed by atoms with Crippen LogP contribution in [0.5, 0.6) is 5.75 Å². The van der Waals surface area contributed by atoms with Crippen LogP contribution in [0, 0.1) is 17.2 Å². The second-order valence-corrected chi connectivity index (χ2v) is 6.88. The molecular weight excluding hydrogens is 378 g/mol. The molecule has 0 radical (unpaired) electrons. The number of aliphatic imine (C=N–C) groups is 1. The normalized spacial score (nSPS) is 16.8. The summed E-state index contributed by atoms with van der Waals surface area (Å²) in [4.78, 5) is 31.3. The lowest BCUT2D eigenvalue weighted by Gasteiger charge is -2.29. The van der Waals surface area contributed by atoms with E-state index in [0.29, 0.717) is 24.3 Å². The molecule has 0 fully saturated rings. The molecule has 1 heterocycles. The molecule has 1 unspecified atom stereocenters. The Balaban J connectivity index is 1.81. The molecule has 6 heteroatoms. The van der Waals surface area contributed by atoms with Gasteiger partial charge in [-0.05, 0) is 55.7 Å². The predicted molar refractivity (Wildman–Crippen MR) is 114 cm³/mol. The third-order valence-electron chi connectivity index (χ3n) is 4.95. The van der Waals surface area contributed by atoms with Crippen molar-refractivity contribution in [2.75, 3.05) is 13.2 Å². The quantitative estimate of drug-likeness (QED) is 0.521. The van der Waals surface area contributed by atoms with E-state index in [9.17, 15) is 14.9 Å². The molecule has 0 N–H and O–H groups in total. The third-order valence-corrected chi connectivity index (χ3v) is 4.95. The van der Waals surface area contributed by atoms with Crippen molar-refractivity contribution in [3.05, 3.63) is 71.3 Å². The molecule has 1 atom stereocenters. The van der Waals surface area contributed by atoms with Gasteiger partial charge in [0.25, 0.3) is 5.91 Å². The second-order valence-electron chi connectivity index (χ2n) is 6.88. The van der Waals surface area contributed by atoms with E-state index in [1.54, 1.807) is 31.2 Å². The van der Waals surface area contributed by atoms with Gasteiger partial charge in [-0.1, -0.05) is 30.3 Å². The number of nitrogens with zero attached hydrogens (tertiary/aromatic N) is 3. The standard InChI is InChI=1S/C24H23N3O3/c1-3-30-20-11-9-19(10-12-20)26-16-22-17(2)21(15-25)23(28)27(24(22)29)14-13-18-7-5-4-6-8-18/h4-12,16,22H,3,13-14H2,1-2H3. The van der Waals surface area contributed by atoms with E-state index in [1.165, 1.54) is 6.21 Å². The van der Waals surface area contributed by atoms with Crippen LogP contribution in [0.1, 0.15) is 19.4 Å². The fourth-order valence-corrected chi connectivity index (χ4v) is 3.28. The van der Waals surface area contributed by atoms with Crippen molar-refractivity contribution in [2.45, 2.75) is 20.3 Å². The van der Waals surface area contributed by atoms with Crippen molar-refractivity contribution in [2.24, 2.45) is 10.9 Å². The van der Waals surface area contributed by atoms with E-state index in [-0.39, 0.29) is 18.0 Å². The van der Waals surface area contributed by atoms with Gasteiger partial charge in [0, 0.05) is 12.8 Å². The Morgan fingerprint density at radius 2 is 1.83 bits per heavy atom. The minimum absolute atomic E-state index is 0.00538. The van der Waals surface area contributed by atoms with E-state index < -0.39 is 11.8 Å². The van der Waals surface area contributed by atoms with Gasteiger partial charge in [0.05, 0.1) is 18.2 Å². The molecule has 0 aliphatic carbocycles. The molecular formula is C24H23N3O3. The van der Waals surface area contributed by atoms with Gasteiger partial charge in [-0.15, -0.1) is 0 Å². The minimum Gasteiger partial charge on any atom is -0.494 e. The highest BCUT2D eigenvalue weighted by Crippen LogP contribution is 2.26. The molecule has 152 valence electrons. The van der Waals surface area contributed by atoms with E-state index in [4.69, 9.17) is 4.74 Å². The Morgan fingerprint density at radius 3 is 2.47 bits per heavy atom. The fraction of sp³-hybridized carbons (Fsp3) is 0.250. The average Bonchev–Trinajstić information content (AvgIpc) is 2.76. The molecule has 30 heavy (non-hydrogen) atoms. The summed E-state index contributed by atoms with van der Waals surface area (Å²) in [5.74, 6) is -0.908. The molecule has 0 bridgehead atoms. The summed E-state index contributed by atoms with van der Waals surface area (Å²) in [7, 11) is 0. The summed E-state index contributed by atoms with van der Waals surface area (Å²) < 4.78 is 5.41. The van der Waals surface area contributed by atoms with Crippen LogP contribution in [0.4, 0.5) is 5.69 Å². The zero-order valence-electron chi connectivity index (χ0n) is 17.0. The molecule has 0 saturated heterocycles. The number of ether oxygens (including phenoxy) is 1. The molecule has 3 rings (SSSR count). The number of carbonyl (C=O) groups excluding carboxylic acids is 2. The molecule has 2 aromatic rings. The number of nitriles is 1. The molecule has 1 aliphatic heterocycles. The number of imide groups is 1. The molecule has 2 aromatic carbocycles. The topological polar surface area (TPSA) is 82.8 Å². The number of benzene rings is 2. The first-order valence-corrected chi connectivity index (χ1v) is 9.82. The molecule has 0 spiro atoms. The van der Waals surface area contributed by atoms with Crippen molar-refractivity contribution in [3.8, 4) is 11.8 Å². The Bertz CT molecular complexity index is 1020. The highest BCUT2D eigenvalue weighted by Gasteiger charge is 2.38. The summed E-state index contributed by atoms with van der Waals surface area (Å²) in [5, 5.41) is 9.48. The summed E-state index contributed by atoms with van der Waals surface area (Å²) in [6, 6.07) is 18.8. The maximum Gasteiger partial charge on any atom is 0.271 e. The van der Waals surface area contributed by atoms with Gasteiger partial charge in [-0.3, -0.25) is 19.5 Å². The van der Waals surface area contributed by atoms with E-state index in [1.807, 2.05) is 43.3 Å². The molecule has 0 aromatic heterocycles. The van der Waals surface area contributed by atoms with Gasteiger partial charge >= 0.3 is 0 Å².